The average Bonchev–Trinajstić information content (AvgIpc) is 2.90. The van der Waals surface area contributed by atoms with E-state index in [1.807, 2.05) is 6.07 Å². The highest BCUT2D eigenvalue weighted by Gasteiger charge is 2.51. The van der Waals surface area contributed by atoms with Crippen LogP contribution in [0.2, 0.25) is 0 Å². The van der Waals surface area contributed by atoms with E-state index in [4.69, 9.17) is 11.2 Å². The quantitative estimate of drug-likeness (QED) is 0.778. The monoisotopic (exact) mass is 308 g/mol. The Morgan fingerprint density at radius 1 is 1.35 bits per heavy atom. The molecular formula is C21H24O2. The van der Waals surface area contributed by atoms with Gasteiger partial charge in [0.1, 0.15) is 0 Å². The van der Waals surface area contributed by atoms with Gasteiger partial charge in [-0.3, -0.25) is 0 Å². The Bertz CT molecular complexity index is 724. The number of rotatable bonds is 1. The molecule has 0 radical (unpaired) electrons. The first-order valence-electron chi connectivity index (χ1n) is 8.65. The summed E-state index contributed by atoms with van der Waals surface area (Å²) in [5.41, 5.74) is 4.13. The van der Waals surface area contributed by atoms with Crippen molar-refractivity contribution in [3.63, 3.8) is 0 Å². The number of methoxy groups -OCH3 is 1. The fourth-order valence-electron chi connectivity index (χ4n) is 5.54. The van der Waals surface area contributed by atoms with Crippen LogP contribution in [0.15, 0.2) is 23.8 Å². The van der Waals surface area contributed by atoms with Gasteiger partial charge in [0.05, 0.1) is 7.11 Å². The van der Waals surface area contributed by atoms with Crippen molar-refractivity contribution < 1.29 is 9.84 Å². The molecular weight excluding hydrogens is 284 g/mol. The van der Waals surface area contributed by atoms with E-state index in [0.29, 0.717) is 23.5 Å². The third kappa shape index (κ3) is 1.96. The maximum absolute atomic E-state index is 10.1. The van der Waals surface area contributed by atoms with Gasteiger partial charge in [0.2, 0.25) is 0 Å². The topological polar surface area (TPSA) is 29.5 Å². The lowest BCUT2D eigenvalue weighted by molar-refractivity contribution is 0.0780. The Labute approximate surface area is 138 Å². The van der Waals surface area contributed by atoms with Crippen LogP contribution in [0.25, 0.3) is 0 Å². The van der Waals surface area contributed by atoms with Crippen molar-refractivity contribution in [1.82, 2.24) is 0 Å². The predicted molar refractivity (Wildman–Crippen MR) is 91.6 cm³/mol. The average molecular weight is 308 g/mol. The van der Waals surface area contributed by atoms with Crippen molar-refractivity contribution in [3.8, 4) is 23.8 Å². The Kier molecular flexibility index (Phi) is 3.23. The van der Waals surface area contributed by atoms with Gasteiger partial charge < -0.3 is 9.84 Å². The van der Waals surface area contributed by atoms with E-state index in [2.05, 4.69) is 25.0 Å². The van der Waals surface area contributed by atoms with Gasteiger partial charge in [-0.05, 0) is 73.1 Å². The van der Waals surface area contributed by atoms with Gasteiger partial charge in [0.25, 0.3) is 0 Å². The number of aryl methyl sites for hydroxylation is 1. The molecule has 0 spiro atoms. The van der Waals surface area contributed by atoms with Crippen LogP contribution in [0.5, 0.6) is 11.5 Å². The van der Waals surface area contributed by atoms with Crippen LogP contribution < -0.4 is 4.74 Å². The predicted octanol–water partition coefficient (Wildman–Crippen LogP) is 4.43. The second-order valence-electron chi connectivity index (χ2n) is 7.59. The number of ether oxygens (including phenoxy) is 1. The number of aromatic hydroxyl groups is 1. The minimum Gasteiger partial charge on any atom is -0.504 e. The van der Waals surface area contributed by atoms with E-state index < -0.39 is 0 Å². The maximum Gasteiger partial charge on any atom is 0.160 e. The van der Waals surface area contributed by atoms with Crippen LogP contribution >= 0.6 is 0 Å². The number of phenols is 1. The Balaban J connectivity index is 1.72. The molecule has 1 aromatic rings. The SMILES string of the molecule is C#CC1=CC[C@H]2[C@@H]3CCc4cc(O)c(OC)cc4[C@H]3CC[C@]12C. The Morgan fingerprint density at radius 2 is 2.17 bits per heavy atom. The molecule has 2 nitrogen and oxygen atoms in total. The van der Waals surface area contributed by atoms with E-state index in [-0.39, 0.29) is 11.2 Å². The lowest BCUT2D eigenvalue weighted by Crippen LogP contribution is -2.41. The molecule has 120 valence electrons. The van der Waals surface area contributed by atoms with Crippen molar-refractivity contribution >= 4 is 0 Å². The number of hydrogen-bond donors (Lipinski definition) is 1. The zero-order chi connectivity index (χ0) is 16.2. The Hall–Kier alpha value is -1.88. The maximum atomic E-state index is 10.1. The smallest absolute Gasteiger partial charge is 0.160 e. The molecule has 3 aliphatic carbocycles. The molecule has 4 rings (SSSR count). The van der Waals surface area contributed by atoms with Gasteiger partial charge >= 0.3 is 0 Å². The summed E-state index contributed by atoms with van der Waals surface area (Å²) in [6.45, 7) is 2.37. The van der Waals surface area contributed by atoms with Crippen LogP contribution in [0.4, 0.5) is 0 Å². The van der Waals surface area contributed by atoms with E-state index >= 15 is 0 Å². The van der Waals surface area contributed by atoms with Crippen molar-refractivity contribution in [1.29, 1.82) is 0 Å². The summed E-state index contributed by atoms with van der Waals surface area (Å²) in [6, 6.07) is 3.99. The third-order valence-electron chi connectivity index (χ3n) is 6.76. The lowest BCUT2D eigenvalue weighted by atomic mass is 9.54. The van der Waals surface area contributed by atoms with Crippen molar-refractivity contribution in [2.24, 2.45) is 17.3 Å². The zero-order valence-electron chi connectivity index (χ0n) is 13.9. The molecule has 0 unspecified atom stereocenters. The van der Waals surface area contributed by atoms with E-state index in [0.717, 1.165) is 19.3 Å². The summed E-state index contributed by atoms with van der Waals surface area (Å²) in [4.78, 5) is 0. The molecule has 1 aromatic carbocycles. The van der Waals surface area contributed by atoms with Crippen LogP contribution in [0.3, 0.4) is 0 Å². The number of hydrogen-bond acceptors (Lipinski definition) is 2. The third-order valence-corrected chi connectivity index (χ3v) is 6.76. The molecule has 1 saturated carbocycles. The molecule has 0 heterocycles. The second-order valence-corrected chi connectivity index (χ2v) is 7.59. The molecule has 0 aromatic heterocycles. The van der Waals surface area contributed by atoms with Crippen LogP contribution in [0.1, 0.15) is 49.7 Å². The van der Waals surface area contributed by atoms with Gasteiger partial charge in [-0.15, -0.1) is 6.42 Å². The molecule has 2 heteroatoms. The molecule has 4 atom stereocenters. The van der Waals surface area contributed by atoms with Gasteiger partial charge in [-0.2, -0.15) is 0 Å². The summed E-state index contributed by atoms with van der Waals surface area (Å²) < 4.78 is 5.34. The summed E-state index contributed by atoms with van der Waals surface area (Å²) in [5, 5.41) is 10.1. The minimum absolute atomic E-state index is 0.203. The zero-order valence-corrected chi connectivity index (χ0v) is 13.9. The highest BCUT2D eigenvalue weighted by molar-refractivity contribution is 5.50. The van der Waals surface area contributed by atoms with Gasteiger partial charge in [0, 0.05) is 11.0 Å². The molecule has 1 N–H and O–H groups in total. The van der Waals surface area contributed by atoms with Gasteiger partial charge in [0.15, 0.2) is 11.5 Å². The number of benzene rings is 1. The lowest BCUT2D eigenvalue weighted by Gasteiger charge is -2.49. The summed E-state index contributed by atoms with van der Waals surface area (Å²) in [6.07, 6.45) is 13.8. The Morgan fingerprint density at radius 3 is 2.91 bits per heavy atom. The van der Waals surface area contributed by atoms with E-state index in [9.17, 15) is 5.11 Å². The largest absolute Gasteiger partial charge is 0.504 e. The fraction of sp³-hybridized carbons (Fsp3) is 0.524. The molecule has 0 saturated heterocycles. The normalized spacial score (nSPS) is 34.7. The number of terminal acetylenes is 1. The summed E-state index contributed by atoms with van der Waals surface area (Å²) in [7, 11) is 1.62. The standard InChI is InChI=1S/C21H24O2/c1-4-14-6-8-18-16-7-5-13-11-19(22)20(23-3)12-17(13)15(16)9-10-21(14,18)2/h1,6,11-12,15-16,18,22H,5,7-10H2,2-3H3/t15-,16+,18-,21+/m0/s1. The van der Waals surface area contributed by atoms with Gasteiger partial charge in [-0.25, -0.2) is 0 Å². The molecule has 23 heavy (non-hydrogen) atoms. The fourth-order valence-corrected chi connectivity index (χ4v) is 5.54. The highest BCUT2D eigenvalue weighted by atomic mass is 16.5. The van der Waals surface area contributed by atoms with Crippen LogP contribution in [-0.4, -0.2) is 12.2 Å². The van der Waals surface area contributed by atoms with Crippen LogP contribution in [-0.2, 0) is 6.42 Å². The number of phenolic OH excluding ortho intramolecular Hbond substituents is 1. The van der Waals surface area contributed by atoms with E-state index in [1.165, 1.54) is 29.5 Å². The molecule has 1 fully saturated rings. The molecule has 0 amide bonds. The van der Waals surface area contributed by atoms with Crippen molar-refractivity contribution in [2.75, 3.05) is 7.11 Å². The second kappa shape index (κ2) is 5.06. The molecule has 3 aliphatic rings. The highest BCUT2D eigenvalue weighted by Crippen LogP contribution is 2.61. The molecule has 0 bridgehead atoms. The van der Waals surface area contributed by atoms with Crippen LogP contribution in [0, 0.1) is 29.6 Å². The number of allylic oxidation sites excluding steroid dienone is 2. The minimum atomic E-state index is 0.203. The van der Waals surface area contributed by atoms with E-state index in [1.54, 1.807) is 7.11 Å². The van der Waals surface area contributed by atoms with Gasteiger partial charge in [-0.1, -0.05) is 18.9 Å². The first-order chi connectivity index (χ1) is 11.1. The summed E-state index contributed by atoms with van der Waals surface area (Å²) in [5.74, 6) is 5.76. The first kappa shape index (κ1) is 14.7. The molecule has 0 aliphatic heterocycles. The van der Waals surface area contributed by atoms with Crippen molar-refractivity contribution in [2.45, 2.75) is 44.9 Å². The van der Waals surface area contributed by atoms with Crippen molar-refractivity contribution in [3.05, 3.63) is 34.9 Å². The summed E-state index contributed by atoms with van der Waals surface area (Å²) >= 11 is 0. The first-order valence-corrected chi connectivity index (χ1v) is 8.65. The number of fused-ring (bicyclic) bond motifs is 5.